The van der Waals surface area contributed by atoms with Crippen LogP contribution in [0.5, 0.6) is 0 Å². The lowest BCUT2D eigenvalue weighted by Crippen LogP contribution is -2.51. The molecule has 1 fully saturated rings. The maximum Gasteiger partial charge on any atom is 0.244 e. The first-order valence-electron chi connectivity index (χ1n) is 6.12. The summed E-state index contributed by atoms with van der Waals surface area (Å²) in [4.78, 5) is 24.8. The number of carbonyl (C=O) groups excluding carboxylic acids is 2. The van der Waals surface area contributed by atoms with Crippen molar-refractivity contribution < 1.29 is 14.7 Å². The van der Waals surface area contributed by atoms with Crippen molar-refractivity contribution in [2.45, 2.75) is 31.7 Å². The van der Waals surface area contributed by atoms with E-state index in [4.69, 9.17) is 0 Å². The average Bonchev–Trinajstić information content (AvgIpc) is 2.66. The summed E-state index contributed by atoms with van der Waals surface area (Å²) in [6.07, 6.45) is -0.0108. The highest BCUT2D eigenvalue weighted by atomic mass is 79.9. The Labute approximate surface area is 118 Å². The van der Waals surface area contributed by atoms with E-state index in [0.717, 1.165) is 15.6 Å². The number of halogens is 1. The van der Waals surface area contributed by atoms with Gasteiger partial charge in [0.1, 0.15) is 6.23 Å². The van der Waals surface area contributed by atoms with Gasteiger partial charge in [0.2, 0.25) is 11.8 Å². The number of amides is 2. The van der Waals surface area contributed by atoms with Gasteiger partial charge in [0.15, 0.2) is 0 Å². The quantitative estimate of drug-likeness (QED) is 0.758. The van der Waals surface area contributed by atoms with E-state index in [0.29, 0.717) is 19.4 Å². The third kappa shape index (κ3) is 2.20. The fraction of sp³-hybridized carbons (Fsp3) is 0.385. The molecule has 1 saturated heterocycles. The average molecular weight is 325 g/mol. The minimum absolute atomic E-state index is 0.241. The number of rotatable bonds is 1. The van der Waals surface area contributed by atoms with E-state index in [1.807, 2.05) is 18.2 Å². The van der Waals surface area contributed by atoms with Crippen LogP contribution in [0.3, 0.4) is 0 Å². The van der Waals surface area contributed by atoms with E-state index in [1.54, 1.807) is 4.90 Å². The predicted octanol–water partition coefficient (Wildman–Crippen LogP) is 1.06. The highest BCUT2D eigenvalue weighted by molar-refractivity contribution is 9.10. The molecular weight excluding hydrogens is 312 g/mol. The highest BCUT2D eigenvalue weighted by Crippen LogP contribution is 2.36. The Kier molecular flexibility index (Phi) is 3.16. The molecule has 0 aromatic heterocycles. The van der Waals surface area contributed by atoms with Gasteiger partial charge < -0.3 is 5.11 Å². The lowest BCUT2D eigenvalue weighted by Gasteiger charge is -2.31. The first kappa shape index (κ1) is 12.8. The molecule has 0 aliphatic carbocycles. The van der Waals surface area contributed by atoms with E-state index in [1.165, 1.54) is 0 Å². The number of fused-ring (bicyclic) bond motifs is 1. The number of aliphatic hydroxyl groups is 1. The standard InChI is InChI=1S/C13H13BrN2O3/c14-8-1-2-9-7(5-8)6-16(13(9)19)10-3-4-11(17)15-12(10)18/h1-2,5,10,13,19H,3-4,6H2,(H,15,17,18). The Hall–Kier alpha value is -1.24. The summed E-state index contributed by atoms with van der Waals surface area (Å²) in [5.41, 5.74) is 1.83. The summed E-state index contributed by atoms with van der Waals surface area (Å²) < 4.78 is 0.948. The normalized spacial score (nSPS) is 27.3. The minimum atomic E-state index is -0.785. The Morgan fingerprint density at radius 3 is 2.89 bits per heavy atom. The smallest absolute Gasteiger partial charge is 0.244 e. The number of nitrogens with one attached hydrogen (secondary N) is 1. The van der Waals surface area contributed by atoms with Gasteiger partial charge >= 0.3 is 0 Å². The van der Waals surface area contributed by atoms with Crippen LogP contribution in [0.4, 0.5) is 0 Å². The number of carbonyl (C=O) groups is 2. The van der Waals surface area contributed by atoms with Crippen molar-refractivity contribution >= 4 is 27.7 Å². The van der Waals surface area contributed by atoms with E-state index < -0.39 is 12.3 Å². The van der Waals surface area contributed by atoms with Gasteiger partial charge in [-0.25, -0.2) is 0 Å². The van der Waals surface area contributed by atoms with Crippen molar-refractivity contribution in [3.8, 4) is 0 Å². The zero-order valence-electron chi connectivity index (χ0n) is 10.1. The second kappa shape index (κ2) is 4.70. The van der Waals surface area contributed by atoms with Gasteiger partial charge in [-0.2, -0.15) is 0 Å². The van der Waals surface area contributed by atoms with Crippen LogP contribution in [-0.4, -0.2) is 27.9 Å². The zero-order chi connectivity index (χ0) is 13.6. The van der Waals surface area contributed by atoms with Gasteiger partial charge in [-0.05, 0) is 29.7 Å². The summed E-state index contributed by atoms with van der Waals surface area (Å²) in [6, 6.07) is 5.23. The molecule has 3 rings (SSSR count). The molecule has 2 amide bonds. The fourth-order valence-corrected chi connectivity index (χ4v) is 3.11. The summed E-state index contributed by atoms with van der Waals surface area (Å²) in [7, 11) is 0. The Morgan fingerprint density at radius 2 is 2.16 bits per heavy atom. The van der Waals surface area contributed by atoms with E-state index in [-0.39, 0.29) is 11.8 Å². The van der Waals surface area contributed by atoms with Gasteiger partial charge in [0.25, 0.3) is 0 Å². The Balaban J connectivity index is 1.85. The predicted molar refractivity (Wildman–Crippen MR) is 70.8 cm³/mol. The van der Waals surface area contributed by atoms with Crippen LogP contribution in [-0.2, 0) is 16.1 Å². The molecular formula is C13H13BrN2O3. The molecule has 2 aliphatic rings. The second-order valence-electron chi connectivity index (χ2n) is 4.86. The lowest BCUT2D eigenvalue weighted by molar-refractivity contribution is -0.141. The van der Waals surface area contributed by atoms with Crippen molar-refractivity contribution in [3.05, 3.63) is 33.8 Å². The van der Waals surface area contributed by atoms with Crippen molar-refractivity contribution in [2.24, 2.45) is 0 Å². The largest absolute Gasteiger partial charge is 0.374 e. The van der Waals surface area contributed by atoms with Crippen LogP contribution in [0.25, 0.3) is 0 Å². The minimum Gasteiger partial charge on any atom is -0.374 e. The molecule has 1 aromatic carbocycles. The molecule has 2 unspecified atom stereocenters. The topological polar surface area (TPSA) is 69.6 Å². The van der Waals surface area contributed by atoms with Crippen LogP contribution < -0.4 is 5.32 Å². The number of hydrogen-bond donors (Lipinski definition) is 2. The van der Waals surface area contributed by atoms with Crippen LogP contribution in [0, 0.1) is 0 Å². The van der Waals surface area contributed by atoms with Crippen LogP contribution in [0.1, 0.15) is 30.2 Å². The molecule has 2 aliphatic heterocycles. The molecule has 0 bridgehead atoms. The Bertz CT molecular complexity index is 561. The summed E-state index contributed by atoms with van der Waals surface area (Å²) in [6.45, 7) is 0.516. The molecule has 0 saturated carbocycles. The van der Waals surface area contributed by atoms with Crippen LogP contribution in [0.2, 0.25) is 0 Å². The molecule has 5 nitrogen and oxygen atoms in total. The van der Waals surface area contributed by atoms with Gasteiger partial charge in [-0.1, -0.05) is 22.0 Å². The van der Waals surface area contributed by atoms with E-state index in [2.05, 4.69) is 21.2 Å². The molecule has 2 atom stereocenters. The van der Waals surface area contributed by atoms with Gasteiger partial charge in [0.05, 0.1) is 6.04 Å². The number of piperidine rings is 1. The number of nitrogens with zero attached hydrogens (tertiary/aromatic N) is 1. The summed E-state index contributed by atoms with van der Waals surface area (Å²) >= 11 is 3.40. The van der Waals surface area contributed by atoms with Crippen LogP contribution in [0.15, 0.2) is 22.7 Å². The molecule has 0 radical (unpaired) electrons. The Morgan fingerprint density at radius 1 is 1.37 bits per heavy atom. The third-order valence-electron chi connectivity index (χ3n) is 3.66. The monoisotopic (exact) mass is 324 g/mol. The molecule has 19 heavy (non-hydrogen) atoms. The molecule has 100 valence electrons. The fourth-order valence-electron chi connectivity index (χ4n) is 2.70. The number of imide groups is 1. The molecule has 1 aromatic rings. The highest BCUT2D eigenvalue weighted by Gasteiger charge is 2.39. The van der Waals surface area contributed by atoms with E-state index in [9.17, 15) is 14.7 Å². The van der Waals surface area contributed by atoms with Gasteiger partial charge in [-0.15, -0.1) is 0 Å². The van der Waals surface area contributed by atoms with Crippen LogP contribution >= 0.6 is 15.9 Å². The molecule has 2 heterocycles. The van der Waals surface area contributed by atoms with Gasteiger partial charge in [0, 0.05) is 17.4 Å². The summed E-state index contributed by atoms with van der Waals surface area (Å²) in [5.74, 6) is -0.558. The zero-order valence-corrected chi connectivity index (χ0v) is 11.7. The maximum atomic E-state index is 11.9. The molecule has 2 N–H and O–H groups in total. The maximum absolute atomic E-state index is 11.9. The van der Waals surface area contributed by atoms with Crippen molar-refractivity contribution in [3.63, 3.8) is 0 Å². The van der Waals surface area contributed by atoms with Crippen molar-refractivity contribution in [2.75, 3.05) is 0 Å². The van der Waals surface area contributed by atoms with Gasteiger partial charge in [-0.3, -0.25) is 19.8 Å². The molecule has 6 heteroatoms. The second-order valence-corrected chi connectivity index (χ2v) is 5.77. The lowest BCUT2D eigenvalue weighted by atomic mass is 10.0. The first-order chi connectivity index (χ1) is 9.06. The van der Waals surface area contributed by atoms with E-state index >= 15 is 0 Å². The van der Waals surface area contributed by atoms with Crippen molar-refractivity contribution in [1.82, 2.24) is 10.2 Å². The first-order valence-corrected chi connectivity index (χ1v) is 6.91. The SMILES string of the molecule is O=C1CCC(N2Cc3cc(Br)ccc3C2O)C(=O)N1. The summed E-state index contributed by atoms with van der Waals surface area (Å²) in [5, 5.41) is 12.6. The molecule has 0 spiro atoms. The number of aliphatic hydroxyl groups excluding tert-OH is 1. The third-order valence-corrected chi connectivity index (χ3v) is 4.15. The number of hydrogen-bond acceptors (Lipinski definition) is 4. The number of benzene rings is 1. The van der Waals surface area contributed by atoms with Crippen molar-refractivity contribution in [1.29, 1.82) is 0 Å².